The summed E-state index contributed by atoms with van der Waals surface area (Å²) in [5.41, 5.74) is 6.88. The minimum Gasteiger partial charge on any atom is -0.369 e. The first-order chi connectivity index (χ1) is 13.6. The van der Waals surface area contributed by atoms with Gasteiger partial charge in [0.1, 0.15) is 0 Å². The van der Waals surface area contributed by atoms with Crippen LogP contribution in [0.15, 0.2) is 30.3 Å². The van der Waals surface area contributed by atoms with Gasteiger partial charge in [0.15, 0.2) is 0 Å². The van der Waals surface area contributed by atoms with E-state index in [1.807, 2.05) is 0 Å². The highest BCUT2D eigenvalue weighted by atomic mass is 16.2. The summed E-state index contributed by atoms with van der Waals surface area (Å²) in [5, 5.41) is 3.08. The van der Waals surface area contributed by atoms with Gasteiger partial charge in [0.05, 0.1) is 11.8 Å². The summed E-state index contributed by atoms with van der Waals surface area (Å²) < 4.78 is 0. The molecule has 1 heterocycles. The van der Waals surface area contributed by atoms with Gasteiger partial charge in [0.25, 0.3) is 0 Å². The maximum Gasteiger partial charge on any atom is 0.224 e. The molecular formula is C22H32N4O2. The molecule has 2 bridgehead atoms. The van der Waals surface area contributed by atoms with Crippen LogP contribution >= 0.6 is 0 Å². The molecule has 1 aliphatic heterocycles. The Hall–Kier alpha value is -2.08. The first-order valence-electron chi connectivity index (χ1n) is 10.7. The summed E-state index contributed by atoms with van der Waals surface area (Å²) in [7, 11) is 0. The number of carbonyl (C=O) groups is 2. The van der Waals surface area contributed by atoms with Gasteiger partial charge in [-0.15, -0.1) is 0 Å². The van der Waals surface area contributed by atoms with E-state index in [1.54, 1.807) is 0 Å². The number of nitrogens with zero attached hydrogens (tertiary/aromatic N) is 2. The Morgan fingerprint density at radius 2 is 1.68 bits per heavy atom. The molecule has 6 nitrogen and oxygen atoms in total. The fourth-order valence-corrected chi connectivity index (χ4v) is 5.58. The SMILES string of the molecule is NC(=O)C1C2CCC(C2)C1C(=O)NCCCN1CCN(c2ccccc2)CC1. The summed E-state index contributed by atoms with van der Waals surface area (Å²) in [5.74, 6) is 0.0109. The number of amides is 2. The molecule has 152 valence electrons. The highest BCUT2D eigenvalue weighted by molar-refractivity contribution is 5.88. The Kier molecular flexibility index (Phi) is 5.85. The van der Waals surface area contributed by atoms with E-state index in [9.17, 15) is 9.59 Å². The van der Waals surface area contributed by atoms with Crippen LogP contribution in [-0.4, -0.2) is 56.0 Å². The Labute approximate surface area is 167 Å². The predicted octanol–water partition coefficient (Wildman–Crippen LogP) is 1.46. The molecule has 1 saturated heterocycles. The van der Waals surface area contributed by atoms with Crippen LogP contribution in [0.4, 0.5) is 5.69 Å². The van der Waals surface area contributed by atoms with Gasteiger partial charge in [-0.1, -0.05) is 18.2 Å². The molecular weight excluding hydrogens is 352 g/mol. The molecule has 2 amide bonds. The molecule has 0 spiro atoms. The average molecular weight is 385 g/mol. The minimum atomic E-state index is -0.288. The number of hydrogen-bond donors (Lipinski definition) is 2. The molecule has 3 aliphatic rings. The summed E-state index contributed by atoms with van der Waals surface area (Å²) in [6.07, 6.45) is 4.06. The second-order valence-corrected chi connectivity index (χ2v) is 8.60. The zero-order valence-electron chi connectivity index (χ0n) is 16.6. The number of rotatable bonds is 7. The second-order valence-electron chi connectivity index (χ2n) is 8.60. The third-order valence-corrected chi connectivity index (χ3v) is 6.99. The van der Waals surface area contributed by atoms with E-state index in [0.717, 1.165) is 58.4 Å². The van der Waals surface area contributed by atoms with E-state index in [2.05, 4.69) is 45.4 Å². The van der Waals surface area contributed by atoms with Crippen LogP contribution < -0.4 is 16.0 Å². The quantitative estimate of drug-likeness (QED) is 0.698. The fraction of sp³-hybridized carbons (Fsp3) is 0.636. The van der Waals surface area contributed by atoms with Gasteiger partial charge in [0, 0.05) is 38.4 Å². The van der Waals surface area contributed by atoms with Gasteiger partial charge in [0.2, 0.25) is 11.8 Å². The van der Waals surface area contributed by atoms with Crippen LogP contribution in [0, 0.1) is 23.7 Å². The smallest absolute Gasteiger partial charge is 0.224 e. The topological polar surface area (TPSA) is 78.7 Å². The molecule has 1 aromatic rings. The zero-order valence-corrected chi connectivity index (χ0v) is 16.6. The van der Waals surface area contributed by atoms with Crippen molar-refractivity contribution in [2.75, 3.05) is 44.2 Å². The standard InChI is InChI=1S/C22H32N4O2/c23-21(27)19-16-7-8-17(15-16)20(19)22(28)24-9-4-10-25-11-13-26(14-12-25)18-5-2-1-3-6-18/h1-3,5-6,16-17,19-20H,4,7-15H2,(H2,23,27)(H,24,28). The summed E-state index contributed by atoms with van der Waals surface area (Å²) in [4.78, 5) is 29.4. The average Bonchev–Trinajstić information content (AvgIpc) is 3.34. The van der Waals surface area contributed by atoms with Gasteiger partial charge < -0.3 is 16.0 Å². The largest absolute Gasteiger partial charge is 0.369 e. The van der Waals surface area contributed by atoms with Gasteiger partial charge in [-0.3, -0.25) is 14.5 Å². The minimum absolute atomic E-state index is 0.0462. The molecule has 28 heavy (non-hydrogen) atoms. The highest BCUT2D eigenvalue weighted by Gasteiger charge is 2.53. The molecule has 3 fully saturated rings. The Balaban J connectivity index is 1.16. The lowest BCUT2D eigenvalue weighted by Gasteiger charge is -2.36. The van der Waals surface area contributed by atoms with Crippen LogP contribution in [0.3, 0.4) is 0 Å². The van der Waals surface area contributed by atoms with E-state index in [1.165, 1.54) is 5.69 Å². The van der Waals surface area contributed by atoms with Crippen LogP contribution in [0.1, 0.15) is 25.7 Å². The maximum atomic E-state index is 12.7. The zero-order chi connectivity index (χ0) is 19.5. The molecule has 6 heteroatoms. The lowest BCUT2D eigenvalue weighted by Crippen LogP contribution is -2.47. The highest BCUT2D eigenvalue weighted by Crippen LogP contribution is 2.52. The van der Waals surface area contributed by atoms with Crippen molar-refractivity contribution in [3.63, 3.8) is 0 Å². The number of benzene rings is 1. The van der Waals surface area contributed by atoms with Crippen molar-refractivity contribution in [1.29, 1.82) is 0 Å². The first-order valence-corrected chi connectivity index (χ1v) is 10.7. The van der Waals surface area contributed by atoms with Crippen molar-refractivity contribution in [1.82, 2.24) is 10.2 Å². The van der Waals surface area contributed by atoms with Crippen molar-refractivity contribution in [3.8, 4) is 0 Å². The second kappa shape index (κ2) is 8.52. The van der Waals surface area contributed by atoms with E-state index >= 15 is 0 Å². The Morgan fingerprint density at radius 1 is 1.00 bits per heavy atom. The van der Waals surface area contributed by atoms with E-state index in [4.69, 9.17) is 5.73 Å². The first kappa shape index (κ1) is 19.2. The molecule has 4 atom stereocenters. The van der Waals surface area contributed by atoms with Crippen LogP contribution in [0.5, 0.6) is 0 Å². The molecule has 4 unspecified atom stereocenters. The number of carbonyl (C=O) groups excluding carboxylic acids is 2. The van der Waals surface area contributed by atoms with Crippen molar-refractivity contribution in [2.45, 2.75) is 25.7 Å². The van der Waals surface area contributed by atoms with Crippen molar-refractivity contribution in [3.05, 3.63) is 30.3 Å². The predicted molar refractivity (Wildman–Crippen MR) is 110 cm³/mol. The molecule has 0 radical (unpaired) electrons. The lowest BCUT2D eigenvalue weighted by atomic mass is 9.78. The number of nitrogens with two attached hydrogens (primary N) is 1. The Bertz CT molecular complexity index is 687. The number of primary amides is 1. The number of piperazine rings is 1. The number of nitrogens with one attached hydrogen (secondary N) is 1. The third kappa shape index (κ3) is 4.02. The number of anilines is 1. The Morgan fingerprint density at radius 3 is 2.36 bits per heavy atom. The normalized spacial score (nSPS) is 29.8. The monoisotopic (exact) mass is 384 g/mol. The molecule has 0 aromatic heterocycles. The van der Waals surface area contributed by atoms with Crippen molar-refractivity contribution >= 4 is 17.5 Å². The van der Waals surface area contributed by atoms with Gasteiger partial charge in [-0.2, -0.15) is 0 Å². The molecule has 2 aliphatic carbocycles. The van der Waals surface area contributed by atoms with E-state index < -0.39 is 0 Å². The lowest BCUT2D eigenvalue weighted by molar-refractivity contribution is -0.135. The van der Waals surface area contributed by atoms with Gasteiger partial charge in [-0.05, 0) is 56.2 Å². The summed E-state index contributed by atoms with van der Waals surface area (Å²) in [6.45, 7) is 5.87. The molecule has 4 rings (SSSR count). The van der Waals surface area contributed by atoms with Crippen molar-refractivity contribution < 1.29 is 9.59 Å². The van der Waals surface area contributed by atoms with E-state index in [0.29, 0.717) is 18.4 Å². The molecule has 3 N–H and O–H groups in total. The summed E-state index contributed by atoms with van der Waals surface area (Å²) in [6, 6.07) is 10.6. The third-order valence-electron chi connectivity index (χ3n) is 6.99. The number of para-hydroxylation sites is 1. The molecule has 2 saturated carbocycles. The van der Waals surface area contributed by atoms with Crippen LogP contribution in [0.2, 0.25) is 0 Å². The maximum absolute atomic E-state index is 12.7. The number of hydrogen-bond acceptors (Lipinski definition) is 4. The van der Waals surface area contributed by atoms with Gasteiger partial charge in [-0.25, -0.2) is 0 Å². The number of fused-ring (bicyclic) bond motifs is 2. The van der Waals surface area contributed by atoms with Gasteiger partial charge >= 0.3 is 0 Å². The van der Waals surface area contributed by atoms with Crippen LogP contribution in [0.25, 0.3) is 0 Å². The molecule has 1 aromatic carbocycles. The van der Waals surface area contributed by atoms with Crippen molar-refractivity contribution in [2.24, 2.45) is 29.4 Å². The fourth-order valence-electron chi connectivity index (χ4n) is 5.58. The summed E-state index contributed by atoms with van der Waals surface area (Å²) >= 11 is 0. The van der Waals surface area contributed by atoms with Crippen LogP contribution in [-0.2, 0) is 9.59 Å². The van der Waals surface area contributed by atoms with E-state index in [-0.39, 0.29) is 23.7 Å².